The molecular weight excluding hydrogens is 294 g/mol. The minimum absolute atomic E-state index is 0.0666. The van der Waals surface area contributed by atoms with Gasteiger partial charge in [-0.1, -0.05) is 30.3 Å². The monoisotopic (exact) mass is 307 g/mol. The number of aryl methyl sites for hydroxylation is 1. The van der Waals surface area contributed by atoms with E-state index in [1.807, 2.05) is 37.3 Å². The van der Waals surface area contributed by atoms with Crippen LogP contribution in [0.2, 0.25) is 0 Å². The van der Waals surface area contributed by atoms with Crippen LogP contribution in [0, 0.1) is 0 Å². The van der Waals surface area contributed by atoms with Crippen LogP contribution in [0.5, 0.6) is 5.75 Å². The Balaban J connectivity index is 2.16. The molecule has 0 saturated carbocycles. The molecule has 0 N–H and O–H groups in total. The Hall–Kier alpha value is -1.55. The number of hydrogen-bond donors (Lipinski definition) is 0. The van der Waals surface area contributed by atoms with Gasteiger partial charge in [0.05, 0.1) is 0 Å². The number of hydrogen-bond acceptors (Lipinski definition) is 2. The third kappa shape index (κ3) is 2.82. The molecule has 1 heterocycles. The van der Waals surface area contributed by atoms with E-state index < -0.39 is 0 Å². The van der Waals surface area contributed by atoms with Crippen LogP contribution in [-0.2, 0) is 13.2 Å². The van der Waals surface area contributed by atoms with E-state index in [1.165, 1.54) is 0 Å². The summed E-state index contributed by atoms with van der Waals surface area (Å²) in [5.74, 6) is 0.577. The van der Waals surface area contributed by atoms with Gasteiger partial charge in [-0.3, -0.25) is 4.79 Å². The summed E-state index contributed by atoms with van der Waals surface area (Å²) in [5, 5.41) is 0. The first kappa shape index (κ1) is 12.9. The van der Waals surface area contributed by atoms with E-state index >= 15 is 0 Å². The number of pyridine rings is 1. The summed E-state index contributed by atoms with van der Waals surface area (Å²) in [7, 11) is 0. The highest BCUT2D eigenvalue weighted by Gasteiger charge is 2.07. The maximum Gasteiger partial charge on any atom is 0.268 e. The molecule has 2 rings (SSSR count). The third-order valence-electron chi connectivity index (χ3n) is 2.65. The van der Waals surface area contributed by atoms with Crippen molar-refractivity contribution in [2.24, 2.45) is 0 Å². The van der Waals surface area contributed by atoms with E-state index in [-0.39, 0.29) is 5.56 Å². The third-order valence-corrected chi connectivity index (χ3v) is 3.38. The summed E-state index contributed by atoms with van der Waals surface area (Å²) in [6, 6.07) is 11.7. The predicted octanol–water partition coefficient (Wildman–Crippen LogP) is 3.21. The van der Waals surface area contributed by atoms with Crippen LogP contribution in [0.25, 0.3) is 0 Å². The fourth-order valence-electron chi connectivity index (χ4n) is 1.63. The summed E-state index contributed by atoms with van der Waals surface area (Å²) in [6.45, 7) is 3.03. The second-order valence-electron chi connectivity index (χ2n) is 3.86. The highest BCUT2D eigenvalue weighted by Crippen LogP contribution is 2.21. The minimum Gasteiger partial charge on any atom is -0.487 e. The SMILES string of the molecule is CCn1ccc(OCc2ccccc2)c(Br)c1=O. The molecule has 18 heavy (non-hydrogen) atoms. The van der Waals surface area contributed by atoms with E-state index in [9.17, 15) is 4.79 Å². The summed E-state index contributed by atoms with van der Waals surface area (Å²) in [5.41, 5.74) is 1.01. The van der Waals surface area contributed by atoms with Crippen LogP contribution < -0.4 is 10.3 Å². The van der Waals surface area contributed by atoms with Gasteiger partial charge in [0.25, 0.3) is 5.56 Å². The van der Waals surface area contributed by atoms with Gasteiger partial charge in [0.2, 0.25) is 0 Å². The van der Waals surface area contributed by atoms with Gasteiger partial charge in [-0.2, -0.15) is 0 Å². The topological polar surface area (TPSA) is 31.2 Å². The molecule has 1 aromatic heterocycles. The Bertz CT molecular complexity index is 578. The Morgan fingerprint density at radius 3 is 2.61 bits per heavy atom. The first-order valence-electron chi connectivity index (χ1n) is 5.78. The average Bonchev–Trinajstić information content (AvgIpc) is 2.42. The maximum absolute atomic E-state index is 11.9. The van der Waals surface area contributed by atoms with Crippen LogP contribution in [0.3, 0.4) is 0 Å². The predicted molar refractivity (Wildman–Crippen MR) is 74.9 cm³/mol. The molecule has 3 nitrogen and oxygen atoms in total. The molecule has 0 spiro atoms. The minimum atomic E-state index is -0.0666. The highest BCUT2D eigenvalue weighted by molar-refractivity contribution is 9.10. The van der Waals surface area contributed by atoms with E-state index in [0.29, 0.717) is 23.4 Å². The molecular formula is C14H14BrNO2. The van der Waals surface area contributed by atoms with E-state index in [1.54, 1.807) is 16.8 Å². The number of ether oxygens (including phenoxy) is 1. The summed E-state index contributed by atoms with van der Waals surface area (Å²) >= 11 is 3.29. The molecule has 94 valence electrons. The standard InChI is InChI=1S/C14H14BrNO2/c1-2-16-9-8-12(13(15)14(16)17)18-10-11-6-4-3-5-7-11/h3-9H,2,10H2,1H3. The largest absolute Gasteiger partial charge is 0.487 e. The normalized spacial score (nSPS) is 10.3. The van der Waals surface area contributed by atoms with Crippen LogP contribution in [0.1, 0.15) is 12.5 Å². The van der Waals surface area contributed by atoms with E-state index in [0.717, 1.165) is 5.56 Å². The Morgan fingerprint density at radius 1 is 1.22 bits per heavy atom. The highest BCUT2D eigenvalue weighted by atomic mass is 79.9. The molecule has 0 radical (unpaired) electrons. The molecule has 0 aliphatic carbocycles. The zero-order chi connectivity index (χ0) is 13.0. The van der Waals surface area contributed by atoms with Crippen molar-refractivity contribution >= 4 is 15.9 Å². The van der Waals surface area contributed by atoms with Crippen molar-refractivity contribution in [3.05, 3.63) is 63.0 Å². The van der Waals surface area contributed by atoms with Crippen molar-refractivity contribution in [1.82, 2.24) is 4.57 Å². The van der Waals surface area contributed by atoms with E-state index in [4.69, 9.17) is 4.74 Å². The van der Waals surface area contributed by atoms with Crippen molar-refractivity contribution < 1.29 is 4.74 Å². The molecule has 0 fully saturated rings. The number of rotatable bonds is 4. The fourth-order valence-corrected chi connectivity index (χ4v) is 2.10. The molecule has 0 aliphatic heterocycles. The van der Waals surface area contributed by atoms with Gasteiger partial charge in [0.1, 0.15) is 16.8 Å². The van der Waals surface area contributed by atoms with Gasteiger partial charge in [-0.15, -0.1) is 0 Å². The number of nitrogens with zero attached hydrogens (tertiary/aromatic N) is 1. The van der Waals surface area contributed by atoms with Crippen molar-refractivity contribution in [1.29, 1.82) is 0 Å². The zero-order valence-electron chi connectivity index (χ0n) is 10.1. The summed E-state index contributed by atoms with van der Waals surface area (Å²) in [6.07, 6.45) is 1.74. The van der Waals surface area contributed by atoms with Crippen LogP contribution in [0.4, 0.5) is 0 Å². The van der Waals surface area contributed by atoms with Gasteiger partial charge >= 0.3 is 0 Å². The lowest BCUT2D eigenvalue weighted by Gasteiger charge is -2.09. The molecule has 1 aromatic carbocycles. The first-order valence-corrected chi connectivity index (χ1v) is 6.57. The number of halogens is 1. The summed E-state index contributed by atoms with van der Waals surface area (Å²) < 4.78 is 7.74. The summed E-state index contributed by atoms with van der Waals surface area (Å²) in [4.78, 5) is 11.9. The first-order chi connectivity index (χ1) is 8.72. The second kappa shape index (κ2) is 5.87. The Kier molecular flexibility index (Phi) is 4.20. The van der Waals surface area contributed by atoms with Gasteiger partial charge in [0, 0.05) is 12.7 Å². The molecule has 4 heteroatoms. The smallest absolute Gasteiger partial charge is 0.268 e. The Morgan fingerprint density at radius 2 is 1.94 bits per heavy atom. The van der Waals surface area contributed by atoms with Gasteiger partial charge < -0.3 is 9.30 Å². The van der Waals surface area contributed by atoms with Crippen LogP contribution in [0.15, 0.2) is 51.9 Å². The zero-order valence-corrected chi connectivity index (χ0v) is 11.7. The van der Waals surface area contributed by atoms with Crippen LogP contribution in [-0.4, -0.2) is 4.57 Å². The van der Waals surface area contributed by atoms with E-state index in [2.05, 4.69) is 15.9 Å². The molecule has 0 unspecified atom stereocenters. The number of aromatic nitrogens is 1. The second-order valence-corrected chi connectivity index (χ2v) is 4.65. The average molecular weight is 308 g/mol. The van der Waals surface area contributed by atoms with Crippen molar-refractivity contribution in [3.63, 3.8) is 0 Å². The van der Waals surface area contributed by atoms with Crippen molar-refractivity contribution in [3.8, 4) is 5.75 Å². The molecule has 2 aromatic rings. The lowest BCUT2D eigenvalue weighted by Crippen LogP contribution is -2.19. The van der Waals surface area contributed by atoms with Crippen molar-refractivity contribution in [2.45, 2.75) is 20.1 Å². The van der Waals surface area contributed by atoms with Gasteiger partial charge in [0.15, 0.2) is 0 Å². The molecule has 0 bridgehead atoms. The fraction of sp³-hybridized carbons (Fsp3) is 0.214. The Labute approximate surface area is 114 Å². The maximum atomic E-state index is 11.9. The van der Waals surface area contributed by atoms with Crippen LogP contribution >= 0.6 is 15.9 Å². The molecule has 0 aliphatic rings. The molecule has 0 amide bonds. The number of benzene rings is 1. The van der Waals surface area contributed by atoms with Gasteiger partial charge in [-0.25, -0.2) is 0 Å². The van der Waals surface area contributed by atoms with Gasteiger partial charge in [-0.05, 0) is 34.5 Å². The lowest BCUT2D eigenvalue weighted by atomic mass is 10.2. The molecule has 0 atom stereocenters. The quantitative estimate of drug-likeness (QED) is 0.868. The molecule has 0 saturated heterocycles. The van der Waals surface area contributed by atoms with Crippen molar-refractivity contribution in [2.75, 3.05) is 0 Å². The lowest BCUT2D eigenvalue weighted by molar-refractivity contribution is 0.302.